The number of carbonyl (C=O) groups excluding carboxylic acids is 1. The summed E-state index contributed by atoms with van der Waals surface area (Å²) in [6.07, 6.45) is 3.41. The minimum absolute atomic E-state index is 0.131. The van der Waals surface area contributed by atoms with E-state index >= 15 is 0 Å². The van der Waals surface area contributed by atoms with Crippen LogP contribution in [0.4, 0.5) is 0 Å². The van der Waals surface area contributed by atoms with Crippen molar-refractivity contribution in [2.75, 3.05) is 5.75 Å². The molecular weight excluding hydrogens is 340 g/mol. The van der Waals surface area contributed by atoms with Gasteiger partial charge in [0.05, 0.1) is 24.1 Å². The molecule has 4 rings (SSSR count). The van der Waals surface area contributed by atoms with Crippen molar-refractivity contribution in [2.45, 2.75) is 11.8 Å². The molecule has 4 aromatic rings. The molecule has 7 nitrogen and oxygen atoms in total. The van der Waals surface area contributed by atoms with Crippen LogP contribution in [0.2, 0.25) is 0 Å². The Hall–Kier alpha value is -3.00. The van der Waals surface area contributed by atoms with Gasteiger partial charge < -0.3 is 19.1 Å². The molecule has 3 heterocycles. The van der Waals surface area contributed by atoms with Crippen LogP contribution in [0.15, 0.2) is 62.9 Å². The number of fused-ring (bicyclic) bond motifs is 1. The number of aromatic nitrogens is 3. The Morgan fingerprint density at radius 3 is 3.00 bits per heavy atom. The molecule has 0 aliphatic heterocycles. The van der Waals surface area contributed by atoms with Crippen molar-refractivity contribution in [3.05, 3.63) is 54.6 Å². The number of para-hydroxylation sites is 1. The molecule has 0 radical (unpaired) electrons. The molecule has 0 aliphatic rings. The maximum absolute atomic E-state index is 11.9. The summed E-state index contributed by atoms with van der Waals surface area (Å²) in [5, 5.41) is 12.2. The fourth-order valence-electron chi connectivity index (χ4n) is 2.40. The van der Waals surface area contributed by atoms with E-state index in [0.717, 1.165) is 16.5 Å². The summed E-state index contributed by atoms with van der Waals surface area (Å²) >= 11 is 1.20. The highest BCUT2D eigenvalue weighted by atomic mass is 32.2. The van der Waals surface area contributed by atoms with Gasteiger partial charge in [0.1, 0.15) is 5.76 Å². The normalized spacial score (nSPS) is 11.0. The van der Waals surface area contributed by atoms with E-state index in [1.54, 1.807) is 18.4 Å². The van der Waals surface area contributed by atoms with Crippen molar-refractivity contribution < 1.29 is 13.6 Å². The summed E-state index contributed by atoms with van der Waals surface area (Å²) in [6.45, 7) is 0.358. The quantitative estimate of drug-likeness (QED) is 0.516. The van der Waals surface area contributed by atoms with Crippen molar-refractivity contribution in [3.63, 3.8) is 0 Å². The zero-order chi connectivity index (χ0) is 17.1. The number of H-pyrrole nitrogens is 1. The van der Waals surface area contributed by atoms with Gasteiger partial charge in [0.15, 0.2) is 0 Å². The van der Waals surface area contributed by atoms with E-state index in [2.05, 4.69) is 20.5 Å². The van der Waals surface area contributed by atoms with Crippen LogP contribution in [0.25, 0.3) is 22.4 Å². The van der Waals surface area contributed by atoms with Crippen molar-refractivity contribution in [3.8, 4) is 11.5 Å². The highest BCUT2D eigenvalue weighted by Crippen LogP contribution is 2.29. The first-order chi connectivity index (χ1) is 12.3. The van der Waals surface area contributed by atoms with Gasteiger partial charge in [-0.15, -0.1) is 10.2 Å². The number of nitrogens with one attached hydrogen (secondary N) is 2. The van der Waals surface area contributed by atoms with Gasteiger partial charge in [0, 0.05) is 17.1 Å². The highest BCUT2D eigenvalue weighted by Gasteiger charge is 2.14. The van der Waals surface area contributed by atoms with E-state index in [-0.39, 0.29) is 11.7 Å². The van der Waals surface area contributed by atoms with Gasteiger partial charge in [0.2, 0.25) is 5.91 Å². The van der Waals surface area contributed by atoms with E-state index < -0.39 is 0 Å². The topological polar surface area (TPSA) is 97.0 Å². The molecule has 2 N–H and O–H groups in total. The zero-order valence-corrected chi connectivity index (χ0v) is 13.9. The number of rotatable bonds is 6. The molecule has 1 aromatic carbocycles. The lowest BCUT2D eigenvalue weighted by Gasteiger charge is -2.00. The number of benzene rings is 1. The molecule has 8 heteroatoms. The summed E-state index contributed by atoms with van der Waals surface area (Å²) in [6, 6.07) is 11.5. The van der Waals surface area contributed by atoms with Gasteiger partial charge in [-0.25, -0.2) is 0 Å². The first kappa shape index (κ1) is 15.5. The second kappa shape index (κ2) is 6.86. The SMILES string of the molecule is O=C(CSc1nnc(-c2c[nH]c3ccccc23)o1)NCc1ccco1. The Morgan fingerprint density at radius 1 is 1.20 bits per heavy atom. The standard InChI is InChI=1S/C17H14N4O3S/c22-15(19-8-11-4-3-7-23-11)10-25-17-21-20-16(24-17)13-9-18-14-6-2-1-5-12(13)14/h1-7,9,18H,8,10H2,(H,19,22). The molecular formula is C17H14N4O3S. The predicted octanol–water partition coefficient (Wildman–Crippen LogP) is 3.22. The molecule has 0 saturated heterocycles. The number of hydrogen-bond acceptors (Lipinski definition) is 6. The summed E-state index contributed by atoms with van der Waals surface area (Å²) in [5.41, 5.74) is 1.85. The van der Waals surface area contributed by atoms with Crippen LogP contribution in [0.3, 0.4) is 0 Å². The molecule has 0 aliphatic carbocycles. The summed E-state index contributed by atoms with van der Waals surface area (Å²) in [4.78, 5) is 15.0. The molecule has 3 aromatic heterocycles. The molecule has 25 heavy (non-hydrogen) atoms. The van der Waals surface area contributed by atoms with Crippen LogP contribution in [0.5, 0.6) is 0 Å². The second-order valence-electron chi connectivity index (χ2n) is 5.27. The lowest BCUT2D eigenvalue weighted by atomic mass is 10.2. The largest absolute Gasteiger partial charge is 0.467 e. The van der Waals surface area contributed by atoms with E-state index in [1.165, 1.54) is 11.8 Å². The van der Waals surface area contributed by atoms with Gasteiger partial charge in [-0.3, -0.25) is 4.79 Å². The number of nitrogens with zero attached hydrogens (tertiary/aromatic N) is 2. The number of thioether (sulfide) groups is 1. The predicted molar refractivity (Wildman–Crippen MR) is 92.9 cm³/mol. The van der Waals surface area contributed by atoms with E-state index in [4.69, 9.17) is 8.83 Å². The summed E-state index contributed by atoms with van der Waals surface area (Å²) < 4.78 is 10.8. The Kier molecular flexibility index (Phi) is 4.26. The highest BCUT2D eigenvalue weighted by molar-refractivity contribution is 7.99. The average Bonchev–Trinajstić information content (AvgIpc) is 3.37. The van der Waals surface area contributed by atoms with E-state index in [9.17, 15) is 4.79 Å². The number of aromatic amines is 1. The average molecular weight is 354 g/mol. The smallest absolute Gasteiger partial charge is 0.277 e. The van der Waals surface area contributed by atoms with Gasteiger partial charge in [-0.2, -0.15) is 0 Å². The van der Waals surface area contributed by atoms with Crippen LogP contribution in [-0.2, 0) is 11.3 Å². The molecule has 1 amide bonds. The third kappa shape index (κ3) is 3.43. The van der Waals surface area contributed by atoms with Crippen molar-refractivity contribution in [2.24, 2.45) is 0 Å². The minimum atomic E-state index is -0.131. The van der Waals surface area contributed by atoms with E-state index in [0.29, 0.717) is 23.4 Å². The Bertz CT molecular complexity index is 990. The zero-order valence-electron chi connectivity index (χ0n) is 13.1. The lowest BCUT2D eigenvalue weighted by molar-refractivity contribution is -0.118. The van der Waals surface area contributed by atoms with E-state index in [1.807, 2.05) is 30.5 Å². The number of carbonyl (C=O) groups is 1. The summed E-state index contributed by atoms with van der Waals surface area (Å²) in [7, 11) is 0. The second-order valence-corrected chi connectivity index (χ2v) is 6.19. The van der Waals surface area contributed by atoms with Crippen molar-refractivity contribution in [1.82, 2.24) is 20.5 Å². The fraction of sp³-hybridized carbons (Fsp3) is 0.118. The minimum Gasteiger partial charge on any atom is -0.467 e. The van der Waals surface area contributed by atoms with Crippen LogP contribution < -0.4 is 5.32 Å². The van der Waals surface area contributed by atoms with Crippen molar-refractivity contribution >= 4 is 28.6 Å². The van der Waals surface area contributed by atoms with Crippen LogP contribution in [0.1, 0.15) is 5.76 Å². The fourth-order valence-corrected chi connectivity index (χ4v) is 3.00. The Balaban J connectivity index is 1.37. The van der Waals surface area contributed by atoms with Crippen LogP contribution >= 0.6 is 11.8 Å². The first-order valence-corrected chi connectivity index (χ1v) is 8.60. The molecule has 126 valence electrons. The van der Waals surface area contributed by atoms with Gasteiger partial charge in [-0.1, -0.05) is 30.0 Å². The maximum atomic E-state index is 11.9. The number of hydrogen-bond donors (Lipinski definition) is 2. The van der Waals surface area contributed by atoms with Crippen LogP contribution in [0, 0.1) is 0 Å². The third-order valence-corrected chi connectivity index (χ3v) is 4.41. The third-order valence-electron chi connectivity index (χ3n) is 3.59. The van der Waals surface area contributed by atoms with Gasteiger partial charge >= 0.3 is 0 Å². The summed E-state index contributed by atoms with van der Waals surface area (Å²) in [5.74, 6) is 1.19. The Morgan fingerprint density at radius 2 is 2.12 bits per heavy atom. The molecule has 0 bridgehead atoms. The van der Waals surface area contributed by atoms with Crippen molar-refractivity contribution in [1.29, 1.82) is 0 Å². The Labute approximate surface area is 146 Å². The molecule has 0 saturated carbocycles. The number of furan rings is 1. The lowest BCUT2D eigenvalue weighted by Crippen LogP contribution is -2.24. The number of amides is 1. The maximum Gasteiger partial charge on any atom is 0.277 e. The van der Waals surface area contributed by atoms with Crippen LogP contribution in [-0.4, -0.2) is 26.8 Å². The molecule has 0 atom stereocenters. The van der Waals surface area contributed by atoms with Gasteiger partial charge in [0.25, 0.3) is 11.1 Å². The monoisotopic (exact) mass is 354 g/mol. The molecule has 0 fully saturated rings. The first-order valence-electron chi connectivity index (χ1n) is 7.61. The molecule has 0 unspecified atom stereocenters. The van der Waals surface area contributed by atoms with Gasteiger partial charge in [-0.05, 0) is 18.2 Å². The molecule has 0 spiro atoms.